The Hall–Kier alpha value is -2.40. The van der Waals surface area contributed by atoms with Gasteiger partial charge in [0.05, 0.1) is 0 Å². The highest BCUT2D eigenvalue weighted by Gasteiger charge is 2.25. The number of hydrogen-bond acceptors (Lipinski definition) is 3. The number of likely N-dealkylation sites (tertiary alicyclic amines) is 1. The van der Waals surface area contributed by atoms with E-state index in [2.05, 4.69) is 10.6 Å². The third-order valence-electron chi connectivity index (χ3n) is 6.35. The van der Waals surface area contributed by atoms with Crippen LogP contribution in [0.25, 0.3) is 10.8 Å². The summed E-state index contributed by atoms with van der Waals surface area (Å²) < 4.78 is 0. The Balaban J connectivity index is 1.30. The first kappa shape index (κ1) is 19.9. The van der Waals surface area contributed by atoms with E-state index in [-0.39, 0.29) is 17.9 Å². The van der Waals surface area contributed by atoms with E-state index in [0.717, 1.165) is 49.7 Å². The first-order valence-corrected chi connectivity index (χ1v) is 11.0. The molecule has 0 radical (unpaired) electrons. The first-order chi connectivity index (χ1) is 14.2. The minimum Gasteiger partial charge on any atom is -0.348 e. The average Bonchev–Trinajstić information content (AvgIpc) is 2.78. The van der Waals surface area contributed by atoms with Crippen LogP contribution in [0, 0.1) is 5.92 Å². The predicted molar refractivity (Wildman–Crippen MR) is 116 cm³/mol. The summed E-state index contributed by atoms with van der Waals surface area (Å²) in [5.74, 6) is 0.867. The van der Waals surface area contributed by atoms with Crippen LogP contribution in [-0.2, 0) is 4.79 Å². The zero-order valence-corrected chi connectivity index (χ0v) is 17.0. The van der Waals surface area contributed by atoms with Gasteiger partial charge in [-0.3, -0.25) is 9.59 Å². The highest BCUT2D eigenvalue weighted by Crippen LogP contribution is 2.20. The highest BCUT2D eigenvalue weighted by atomic mass is 16.2. The van der Waals surface area contributed by atoms with E-state index in [1.54, 1.807) is 0 Å². The molecule has 2 aromatic carbocycles. The molecule has 2 fully saturated rings. The van der Waals surface area contributed by atoms with Gasteiger partial charge in [0.15, 0.2) is 0 Å². The van der Waals surface area contributed by atoms with Gasteiger partial charge in [0.2, 0.25) is 5.91 Å². The molecule has 5 nitrogen and oxygen atoms in total. The minimum atomic E-state index is -0.0512. The molecule has 2 N–H and O–H groups in total. The molecule has 2 aromatic rings. The maximum atomic E-state index is 12.7. The van der Waals surface area contributed by atoms with E-state index in [1.807, 2.05) is 47.4 Å². The molecule has 154 valence electrons. The molecule has 5 heteroatoms. The van der Waals surface area contributed by atoms with E-state index >= 15 is 0 Å². The number of amides is 2. The van der Waals surface area contributed by atoms with Crippen molar-refractivity contribution >= 4 is 22.6 Å². The molecule has 0 bridgehead atoms. The summed E-state index contributed by atoms with van der Waals surface area (Å²) in [6.07, 6.45) is 5.86. The maximum Gasteiger partial charge on any atom is 0.251 e. The van der Waals surface area contributed by atoms with E-state index in [0.29, 0.717) is 24.4 Å². The molecule has 2 aliphatic rings. The Kier molecular flexibility index (Phi) is 6.45. The average molecular weight is 394 g/mol. The fourth-order valence-corrected chi connectivity index (χ4v) is 4.58. The first-order valence-electron chi connectivity index (χ1n) is 11.0. The van der Waals surface area contributed by atoms with Crippen molar-refractivity contribution in [2.24, 2.45) is 5.92 Å². The zero-order chi connectivity index (χ0) is 20.1. The molecular formula is C24H31N3O2. The molecular weight excluding hydrogens is 362 g/mol. The van der Waals surface area contributed by atoms with Gasteiger partial charge in [-0.05, 0) is 74.0 Å². The van der Waals surface area contributed by atoms with Gasteiger partial charge in [0, 0.05) is 31.1 Å². The second-order valence-electron chi connectivity index (χ2n) is 8.45. The van der Waals surface area contributed by atoms with Crippen LogP contribution in [0.3, 0.4) is 0 Å². The Labute approximate surface area is 172 Å². The fraction of sp³-hybridized carbons (Fsp3) is 0.500. The molecule has 0 aromatic heterocycles. The third kappa shape index (κ3) is 5.15. The van der Waals surface area contributed by atoms with Crippen molar-refractivity contribution in [3.05, 3.63) is 48.0 Å². The van der Waals surface area contributed by atoms with Crippen molar-refractivity contribution in [1.82, 2.24) is 15.5 Å². The number of carbonyl (C=O) groups is 2. The smallest absolute Gasteiger partial charge is 0.251 e. The summed E-state index contributed by atoms with van der Waals surface area (Å²) >= 11 is 0. The van der Waals surface area contributed by atoms with Gasteiger partial charge in [0.1, 0.15) is 0 Å². The van der Waals surface area contributed by atoms with Crippen molar-refractivity contribution in [2.75, 3.05) is 26.2 Å². The summed E-state index contributed by atoms with van der Waals surface area (Å²) in [7, 11) is 0. The number of carbonyl (C=O) groups excluding carboxylic acids is 2. The number of nitrogens with zero attached hydrogens (tertiary/aromatic N) is 1. The number of hydrogen-bond donors (Lipinski definition) is 2. The van der Waals surface area contributed by atoms with E-state index in [4.69, 9.17) is 0 Å². The van der Waals surface area contributed by atoms with Gasteiger partial charge in [0.25, 0.3) is 5.91 Å². The number of fused-ring (bicyclic) bond motifs is 1. The second kappa shape index (κ2) is 9.40. The standard InChI is InChI=1S/C24H31N3O2/c28-23(10-7-18-11-13-25-14-12-18)27-15-3-6-22(17-27)26-24(29)21-9-8-19-4-1-2-5-20(19)16-21/h1-2,4-5,8-9,16,18,22,25H,3,6-7,10-15,17H2,(H,26,29). The van der Waals surface area contributed by atoms with Gasteiger partial charge in [-0.1, -0.05) is 30.3 Å². The fourth-order valence-electron chi connectivity index (χ4n) is 4.58. The zero-order valence-electron chi connectivity index (χ0n) is 17.0. The lowest BCUT2D eigenvalue weighted by Gasteiger charge is -2.33. The van der Waals surface area contributed by atoms with E-state index in [1.165, 1.54) is 12.8 Å². The molecule has 2 aliphatic heterocycles. The van der Waals surface area contributed by atoms with Crippen LogP contribution < -0.4 is 10.6 Å². The van der Waals surface area contributed by atoms with Crippen LogP contribution in [0.5, 0.6) is 0 Å². The van der Waals surface area contributed by atoms with Crippen LogP contribution >= 0.6 is 0 Å². The summed E-state index contributed by atoms with van der Waals surface area (Å²) in [4.78, 5) is 27.4. The van der Waals surface area contributed by atoms with Crippen molar-refractivity contribution in [3.8, 4) is 0 Å². The Morgan fingerprint density at radius 2 is 1.83 bits per heavy atom. The van der Waals surface area contributed by atoms with Gasteiger partial charge in [-0.2, -0.15) is 0 Å². The maximum absolute atomic E-state index is 12.7. The van der Waals surface area contributed by atoms with E-state index < -0.39 is 0 Å². The van der Waals surface area contributed by atoms with Crippen molar-refractivity contribution in [1.29, 1.82) is 0 Å². The Bertz CT molecular complexity index is 860. The number of nitrogens with one attached hydrogen (secondary N) is 2. The van der Waals surface area contributed by atoms with Crippen molar-refractivity contribution < 1.29 is 9.59 Å². The lowest BCUT2D eigenvalue weighted by Crippen LogP contribution is -2.49. The predicted octanol–water partition coefficient (Wildman–Crippen LogP) is 3.34. The van der Waals surface area contributed by atoms with Gasteiger partial charge in [-0.25, -0.2) is 0 Å². The number of benzene rings is 2. The van der Waals surface area contributed by atoms with Crippen LogP contribution in [0.2, 0.25) is 0 Å². The third-order valence-corrected chi connectivity index (χ3v) is 6.35. The summed E-state index contributed by atoms with van der Waals surface area (Å²) in [5.41, 5.74) is 0.679. The normalized spacial score (nSPS) is 20.6. The summed E-state index contributed by atoms with van der Waals surface area (Å²) in [6.45, 7) is 3.59. The van der Waals surface area contributed by atoms with Crippen LogP contribution in [0.15, 0.2) is 42.5 Å². The molecule has 0 saturated carbocycles. The monoisotopic (exact) mass is 393 g/mol. The van der Waals surface area contributed by atoms with Gasteiger partial charge < -0.3 is 15.5 Å². The summed E-state index contributed by atoms with van der Waals surface area (Å²) in [6, 6.07) is 13.9. The topological polar surface area (TPSA) is 61.4 Å². The molecule has 2 amide bonds. The largest absolute Gasteiger partial charge is 0.348 e. The van der Waals surface area contributed by atoms with E-state index in [9.17, 15) is 9.59 Å². The van der Waals surface area contributed by atoms with Crippen LogP contribution in [0.4, 0.5) is 0 Å². The SMILES string of the molecule is O=C(NC1CCCN(C(=O)CCC2CCNCC2)C1)c1ccc2ccccc2c1. The lowest BCUT2D eigenvalue weighted by atomic mass is 9.93. The molecule has 0 spiro atoms. The lowest BCUT2D eigenvalue weighted by molar-refractivity contribution is -0.132. The molecule has 4 rings (SSSR count). The molecule has 0 aliphatic carbocycles. The van der Waals surface area contributed by atoms with Crippen LogP contribution in [-0.4, -0.2) is 48.9 Å². The molecule has 2 saturated heterocycles. The van der Waals surface area contributed by atoms with Gasteiger partial charge >= 0.3 is 0 Å². The summed E-state index contributed by atoms with van der Waals surface area (Å²) in [5, 5.41) is 8.73. The van der Waals surface area contributed by atoms with Gasteiger partial charge in [-0.15, -0.1) is 0 Å². The van der Waals surface area contributed by atoms with Crippen LogP contribution in [0.1, 0.15) is 48.9 Å². The van der Waals surface area contributed by atoms with Crippen molar-refractivity contribution in [2.45, 2.75) is 44.6 Å². The molecule has 29 heavy (non-hydrogen) atoms. The Morgan fingerprint density at radius 3 is 2.66 bits per heavy atom. The molecule has 1 atom stereocenters. The molecule has 2 heterocycles. The van der Waals surface area contributed by atoms with Crippen molar-refractivity contribution in [3.63, 3.8) is 0 Å². The highest BCUT2D eigenvalue weighted by molar-refractivity contribution is 5.98. The second-order valence-corrected chi connectivity index (χ2v) is 8.45. The number of piperidine rings is 2. The Morgan fingerprint density at radius 1 is 1.03 bits per heavy atom. The minimum absolute atomic E-state index is 0.0329. The molecule has 1 unspecified atom stereocenters. The number of rotatable bonds is 5. The quantitative estimate of drug-likeness (QED) is 0.819.